The zero-order chi connectivity index (χ0) is 18.6. The summed E-state index contributed by atoms with van der Waals surface area (Å²) in [6, 6.07) is 16.8. The van der Waals surface area contributed by atoms with Crippen LogP contribution in [0.3, 0.4) is 0 Å². The van der Waals surface area contributed by atoms with E-state index in [2.05, 4.69) is 5.10 Å². The van der Waals surface area contributed by atoms with Gasteiger partial charge < -0.3 is 9.47 Å². The van der Waals surface area contributed by atoms with E-state index < -0.39 is 0 Å². The molecule has 1 aromatic heterocycles. The fourth-order valence-corrected chi connectivity index (χ4v) is 2.82. The zero-order valence-corrected chi connectivity index (χ0v) is 14.3. The number of benzene rings is 2. The van der Waals surface area contributed by atoms with Gasteiger partial charge >= 0.3 is 0 Å². The largest absolute Gasteiger partial charge is 0.454 e. The molecule has 2 aromatic carbocycles. The topological polar surface area (TPSA) is 77.1 Å². The van der Waals surface area contributed by atoms with Gasteiger partial charge in [-0.1, -0.05) is 30.3 Å². The van der Waals surface area contributed by atoms with E-state index >= 15 is 0 Å². The second-order valence-electron chi connectivity index (χ2n) is 6.02. The van der Waals surface area contributed by atoms with Crippen molar-refractivity contribution in [2.75, 3.05) is 6.79 Å². The third-order valence-electron chi connectivity index (χ3n) is 4.15. The van der Waals surface area contributed by atoms with Crippen LogP contribution >= 0.6 is 0 Å². The van der Waals surface area contributed by atoms with Crippen molar-refractivity contribution in [3.05, 3.63) is 83.2 Å². The van der Waals surface area contributed by atoms with Crippen LogP contribution in [0.5, 0.6) is 11.5 Å². The highest BCUT2D eigenvalue weighted by Crippen LogP contribution is 2.33. The Morgan fingerprint density at radius 2 is 2.00 bits per heavy atom. The molecule has 2 heterocycles. The summed E-state index contributed by atoms with van der Waals surface area (Å²) in [5.41, 5.74) is 2.22. The lowest BCUT2D eigenvalue weighted by Gasteiger charge is -2.01. The lowest BCUT2D eigenvalue weighted by Crippen LogP contribution is -2.02. The molecule has 0 aliphatic carbocycles. The number of fused-ring (bicyclic) bond motifs is 1. The Bertz CT molecular complexity index is 1060. The highest BCUT2D eigenvalue weighted by Gasteiger charge is 2.18. The average molecular weight is 357 g/mol. The van der Waals surface area contributed by atoms with E-state index in [1.807, 2.05) is 36.4 Å². The summed E-state index contributed by atoms with van der Waals surface area (Å²) in [4.78, 5) is 12.7. The van der Waals surface area contributed by atoms with Crippen molar-refractivity contribution in [2.24, 2.45) is 0 Å². The van der Waals surface area contributed by atoms with E-state index in [4.69, 9.17) is 9.47 Å². The smallest absolute Gasteiger partial charge is 0.231 e. The molecule has 4 rings (SSSR count). The Morgan fingerprint density at radius 1 is 1.19 bits per heavy atom. The first kappa shape index (κ1) is 16.6. The summed E-state index contributed by atoms with van der Waals surface area (Å²) in [6.45, 7) is 0.751. The number of nitriles is 1. The first-order valence-electron chi connectivity index (χ1n) is 8.35. The maximum atomic E-state index is 12.7. The highest BCUT2D eigenvalue weighted by molar-refractivity contribution is 6.14. The minimum Gasteiger partial charge on any atom is -0.454 e. The second-order valence-corrected chi connectivity index (χ2v) is 6.02. The van der Waals surface area contributed by atoms with Crippen LogP contribution in [-0.2, 0) is 6.54 Å². The van der Waals surface area contributed by atoms with E-state index in [-0.39, 0.29) is 18.1 Å². The molecule has 0 radical (unpaired) electrons. The molecule has 0 bridgehead atoms. The number of ether oxygens (including phenoxy) is 2. The van der Waals surface area contributed by atoms with Crippen molar-refractivity contribution < 1.29 is 14.3 Å². The number of allylic oxidation sites excluding steroid dienone is 1. The highest BCUT2D eigenvalue weighted by atomic mass is 16.7. The number of hydrogen-bond donors (Lipinski definition) is 0. The van der Waals surface area contributed by atoms with Gasteiger partial charge in [0.15, 0.2) is 11.5 Å². The van der Waals surface area contributed by atoms with Crippen molar-refractivity contribution in [1.29, 1.82) is 5.26 Å². The Hall–Kier alpha value is -3.85. The van der Waals surface area contributed by atoms with Gasteiger partial charge in [-0.15, -0.1) is 0 Å². The fourth-order valence-electron chi connectivity index (χ4n) is 2.82. The number of Topliss-reactive ketones (excluding diaryl/α,β-unsaturated/α-hetero) is 1. The number of carbonyl (C=O) groups is 1. The standard InChI is InChI=1S/C21H15N3O3/c22-10-18(21(25)17-6-7-19-20(9-17)27-14-26-19)8-16-11-23-24(13-16)12-15-4-2-1-3-5-15/h1-9,11,13H,12,14H2. The zero-order valence-electron chi connectivity index (χ0n) is 14.3. The van der Waals surface area contributed by atoms with Gasteiger partial charge in [-0.3, -0.25) is 9.48 Å². The van der Waals surface area contributed by atoms with E-state index in [1.54, 1.807) is 41.4 Å². The number of rotatable bonds is 5. The molecule has 0 spiro atoms. The predicted octanol–water partition coefficient (Wildman–Crippen LogP) is 3.45. The molecule has 0 saturated heterocycles. The maximum absolute atomic E-state index is 12.7. The van der Waals surface area contributed by atoms with Gasteiger partial charge in [0.05, 0.1) is 12.7 Å². The Balaban J connectivity index is 1.55. The molecule has 1 aliphatic rings. The predicted molar refractivity (Wildman–Crippen MR) is 98.3 cm³/mol. The number of hydrogen-bond acceptors (Lipinski definition) is 5. The van der Waals surface area contributed by atoms with Crippen LogP contribution in [0.2, 0.25) is 0 Å². The summed E-state index contributed by atoms with van der Waals surface area (Å²) < 4.78 is 12.3. The van der Waals surface area contributed by atoms with Gasteiger partial charge in [-0.05, 0) is 29.8 Å². The summed E-state index contributed by atoms with van der Waals surface area (Å²) in [5, 5.41) is 13.7. The Kier molecular flexibility index (Phi) is 4.42. The maximum Gasteiger partial charge on any atom is 0.231 e. The van der Waals surface area contributed by atoms with Crippen LogP contribution in [0.4, 0.5) is 0 Å². The summed E-state index contributed by atoms with van der Waals surface area (Å²) in [5.74, 6) is 0.733. The van der Waals surface area contributed by atoms with Gasteiger partial charge in [0, 0.05) is 17.3 Å². The van der Waals surface area contributed by atoms with Gasteiger partial charge in [0.1, 0.15) is 11.6 Å². The fraction of sp³-hybridized carbons (Fsp3) is 0.0952. The molecule has 6 heteroatoms. The van der Waals surface area contributed by atoms with E-state index in [0.29, 0.717) is 29.2 Å². The average Bonchev–Trinajstić information content (AvgIpc) is 3.35. The van der Waals surface area contributed by atoms with Crippen molar-refractivity contribution >= 4 is 11.9 Å². The monoisotopic (exact) mass is 357 g/mol. The number of ketones is 1. The van der Waals surface area contributed by atoms with Gasteiger partial charge in [0.2, 0.25) is 12.6 Å². The van der Waals surface area contributed by atoms with Gasteiger partial charge in [-0.2, -0.15) is 10.4 Å². The van der Waals surface area contributed by atoms with Crippen LogP contribution in [0.25, 0.3) is 6.08 Å². The summed E-state index contributed by atoms with van der Waals surface area (Å²) in [6.07, 6.45) is 4.98. The quantitative estimate of drug-likeness (QED) is 0.397. The third kappa shape index (κ3) is 3.58. The molecule has 1 aliphatic heterocycles. The second kappa shape index (κ2) is 7.18. The summed E-state index contributed by atoms with van der Waals surface area (Å²) in [7, 11) is 0. The van der Waals surface area contributed by atoms with Crippen molar-refractivity contribution in [1.82, 2.24) is 9.78 Å². The van der Waals surface area contributed by atoms with Crippen LogP contribution in [0.15, 0.2) is 66.5 Å². The van der Waals surface area contributed by atoms with Crippen LogP contribution in [0.1, 0.15) is 21.5 Å². The minimum atomic E-state index is -0.369. The van der Waals surface area contributed by atoms with Crippen molar-refractivity contribution in [3.8, 4) is 17.6 Å². The Morgan fingerprint density at radius 3 is 2.81 bits per heavy atom. The number of nitrogens with zero attached hydrogens (tertiary/aromatic N) is 3. The molecule has 0 N–H and O–H groups in total. The SMILES string of the molecule is N#CC(=Cc1cnn(Cc2ccccc2)c1)C(=O)c1ccc2c(c1)OCO2. The van der Waals surface area contributed by atoms with E-state index in [1.165, 1.54) is 0 Å². The molecule has 0 amide bonds. The van der Waals surface area contributed by atoms with Gasteiger partial charge in [-0.25, -0.2) is 0 Å². The molecule has 6 nitrogen and oxygen atoms in total. The molecule has 132 valence electrons. The van der Waals surface area contributed by atoms with Crippen molar-refractivity contribution in [3.63, 3.8) is 0 Å². The molecule has 0 atom stereocenters. The lowest BCUT2D eigenvalue weighted by atomic mass is 10.0. The van der Waals surface area contributed by atoms with Crippen LogP contribution in [-0.4, -0.2) is 22.4 Å². The molecule has 27 heavy (non-hydrogen) atoms. The molecule has 0 fully saturated rings. The lowest BCUT2D eigenvalue weighted by molar-refractivity contribution is 0.103. The van der Waals surface area contributed by atoms with Crippen molar-refractivity contribution in [2.45, 2.75) is 6.54 Å². The molecular formula is C21H15N3O3. The third-order valence-corrected chi connectivity index (χ3v) is 4.15. The van der Waals surface area contributed by atoms with Crippen LogP contribution < -0.4 is 9.47 Å². The summed E-state index contributed by atoms with van der Waals surface area (Å²) >= 11 is 0. The van der Waals surface area contributed by atoms with Gasteiger partial charge in [0.25, 0.3) is 0 Å². The molecule has 0 saturated carbocycles. The van der Waals surface area contributed by atoms with Crippen LogP contribution in [0, 0.1) is 11.3 Å². The Labute approximate surface area is 155 Å². The molecule has 3 aromatic rings. The first-order valence-corrected chi connectivity index (χ1v) is 8.35. The first-order chi connectivity index (χ1) is 13.2. The normalized spacial score (nSPS) is 12.6. The molecule has 0 unspecified atom stereocenters. The van der Waals surface area contributed by atoms with E-state index in [0.717, 1.165) is 5.56 Å². The van der Waals surface area contributed by atoms with E-state index in [9.17, 15) is 10.1 Å². The number of aromatic nitrogens is 2. The molecular weight excluding hydrogens is 342 g/mol. The minimum absolute atomic E-state index is 0.0353. The number of carbonyl (C=O) groups excluding carboxylic acids is 1.